The van der Waals surface area contributed by atoms with Crippen molar-refractivity contribution in [1.82, 2.24) is 0 Å². The number of hydrogen-bond donors (Lipinski definition) is 2. The summed E-state index contributed by atoms with van der Waals surface area (Å²) in [5.74, 6) is 0.532. The number of halogens is 1. The van der Waals surface area contributed by atoms with E-state index in [1.54, 1.807) is 48.5 Å². The minimum atomic E-state index is -3.78. The van der Waals surface area contributed by atoms with Gasteiger partial charge in [0.25, 0.3) is 10.0 Å². The lowest BCUT2D eigenvalue weighted by Crippen LogP contribution is -2.12. The maximum absolute atomic E-state index is 13.7. The molecule has 6 nitrogen and oxygen atoms in total. The highest BCUT2D eigenvalue weighted by molar-refractivity contribution is 7.92. The number of sulfonamides is 1. The summed E-state index contributed by atoms with van der Waals surface area (Å²) in [6.07, 6.45) is 0. The lowest BCUT2D eigenvalue weighted by molar-refractivity contribution is 0.174. The third-order valence-corrected chi connectivity index (χ3v) is 5.32. The maximum Gasteiger partial charge on any atom is 0.262 e. The maximum atomic E-state index is 13.7. The van der Waals surface area contributed by atoms with Crippen LogP contribution in [0.2, 0.25) is 0 Å². The molecule has 0 fully saturated rings. The summed E-state index contributed by atoms with van der Waals surface area (Å²) >= 11 is 0. The molecule has 1 heterocycles. The zero-order valence-corrected chi connectivity index (χ0v) is 14.8. The van der Waals surface area contributed by atoms with Gasteiger partial charge in [-0.05, 0) is 48.5 Å². The van der Waals surface area contributed by atoms with E-state index in [1.807, 2.05) is 0 Å². The summed E-state index contributed by atoms with van der Waals surface area (Å²) < 4.78 is 51.7. The molecular formula is C19H15FN2O4S. The van der Waals surface area contributed by atoms with Crippen molar-refractivity contribution in [2.24, 2.45) is 0 Å². The molecule has 0 atom stereocenters. The molecule has 0 amide bonds. The van der Waals surface area contributed by atoms with E-state index in [0.29, 0.717) is 28.6 Å². The topological polar surface area (TPSA) is 76.7 Å². The Morgan fingerprint density at radius 3 is 2.33 bits per heavy atom. The molecule has 0 spiro atoms. The van der Waals surface area contributed by atoms with Crippen molar-refractivity contribution in [3.05, 3.63) is 72.5 Å². The SMILES string of the molecule is O=S(=O)(Nc1ccc(Nc2ccccc2F)cc1)c1ccc2c(c1)OCO2. The summed E-state index contributed by atoms with van der Waals surface area (Å²) in [4.78, 5) is 0.0697. The van der Waals surface area contributed by atoms with Crippen LogP contribution in [0.5, 0.6) is 11.5 Å². The minimum absolute atomic E-state index is 0.0697. The van der Waals surface area contributed by atoms with Crippen molar-refractivity contribution in [1.29, 1.82) is 0 Å². The number of para-hydroxylation sites is 1. The van der Waals surface area contributed by atoms with Crippen molar-refractivity contribution in [3.63, 3.8) is 0 Å². The Bertz CT molecular complexity index is 1090. The predicted molar refractivity (Wildman–Crippen MR) is 99.5 cm³/mol. The van der Waals surface area contributed by atoms with E-state index in [9.17, 15) is 12.8 Å². The molecule has 0 unspecified atom stereocenters. The van der Waals surface area contributed by atoms with Crippen LogP contribution in [0.15, 0.2) is 71.6 Å². The van der Waals surface area contributed by atoms with Crippen LogP contribution in [-0.2, 0) is 10.0 Å². The second-order valence-electron chi connectivity index (χ2n) is 5.80. The first-order valence-electron chi connectivity index (χ1n) is 8.05. The lowest BCUT2D eigenvalue weighted by Gasteiger charge is -2.11. The molecule has 0 aliphatic carbocycles. The van der Waals surface area contributed by atoms with E-state index in [2.05, 4.69) is 10.0 Å². The monoisotopic (exact) mass is 386 g/mol. The van der Waals surface area contributed by atoms with Gasteiger partial charge in [0.05, 0.1) is 10.6 Å². The quantitative estimate of drug-likeness (QED) is 0.690. The molecule has 1 aliphatic rings. The average molecular weight is 386 g/mol. The van der Waals surface area contributed by atoms with E-state index in [4.69, 9.17) is 9.47 Å². The fourth-order valence-electron chi connectivity index (χ4n) is 2.60. The zero-order valence-electron chi connectivity index (χ0n) is 14.0. The summed E-state index contributed by atoms with van der Waals surface area (Å²) in [7, 11) is -3.78. The smallest absolute Gasteiger partial charge is 0.262 e. The molecular weight excluding hydrogens is 371 g/mol. The average Bonchev–Trinajstić information content (AvgIpc) is 3.13. The predicted octanol–water partition coefficient (Wildman–Crippen LogP) is 4.10. The van der Waals surface area contributed by atoms with E-state index in [0.717, 1.165) is 0 Å². The first-order valence-corrected chi connectivity index (χ1v) is 9.54. The minimum Gasteiger partial charge on any atom is -0.454 e. The van der Waals surface area contributed by atoms with E-state index in [-0.39, 0.29) is 17.5 Å². The Labute approximate surface area is 155 Å². The van der Waals surface area contributed by atoms with Gasteiger partial charge in [-0.2, -0.15) is 0 Å². The van der Waals surface area contributed by atoms with E-state index >= 15 is 0 Å². The largest absolute Gasteiger partial charge is 0.454 e. The van der Waals surface area contributed by atoms with Crippen LogP contribution in [0.25, 0.3) is 0 Å². The van der Waals surface area contributed by atoms with Gasteiger partial charge in [-0.25, -0.2) is 12.8 Å². The fraction of sp³-hybridized carbons (Fsp3) is 0.0526. The number of fused-ring (bicyclic) bond motifs is 1. The van der Waals surface area contributed by atoms with Crippen molar-refractivity contribution in [3.8, 4) is 11.5 Å². The first-order chi connectivity index (χ1) is 13.0. The number of anilines is 3. The van der Waals surface area contributed by atoms with Gasteiger partial charge in [-0.1, -0.05) is 12.1 Å². The van der Waals surface area contributed by atoms with E-state index in [1.165, 1.54) is 18.2 Å². The Morgan fingerprint density at radius 1 is 0.852 bits per heavy atom. The first kappa shape index (κ1) is 17.2. The van der Waals surface area contributed by atoms with E-state index < -0.39 is 10.0 Å². The summed E-state index contributed by atoms with van der Waals surface area (Å²) in [6.45, 7) is 0.0722. The Kier molecular flexibility index (Phi) is 4.33. The highest BCUT2D eigenvalue weighted by atomic mass is 32.2. The van der Waals surface area contributed by atoms with Crippen LogP contribution in [0, 0.1) is 5.82 Å². The molecule has 0 bridgehead atoms. The number of rotatable bonds is 5. The highest BCUT2D eigenvalue weighted by Crippen LogP contribution is 2.34. The second-order valence-corrected chi connectivity index (χ2v) is 7.49. The van der Waals surface area contributed by atoms with Crippen molar-refractivity contribution >= 4 is 27.1 Å². The standard InChI is InChI=1S/C19H15FN2O4S/c20-16-3-1-2-4-17(16)21-13-5-7-14(8-6-13)22-27(23,24)15-9-10-18-19(11-15)26-12-25-18/h1-11,21-22H,12H2. The Hall–Kier alpha value is -3.26. The molecule has 8 heteroatoms. The molecule has 2 N–H and O–H groups in total. The van der Waals surface area contributed by atoms with Gasteiger partial charge < -0.3 is 14.8 Å². The van der Waals surface area contributed by atoms with Crippen LogP contribution >= 0.6 is 0 Å². The Morgan fingerprint density at radius 2 is 1.56 bits per heavy atom. The molecule has 138 valence electrons. The molecule has 0 saturated carbocycles. The molecule has 0 aromatic heterocycles. The second kappa shape index (κ2) is 6.81. The van der Waals surface area contributed by atoms with Crippen LogP contribution in [0.3, 0.4) is 0 Å². The Balaban J connectivity index is 1.50. The zero-order chi connectivity index (χ0) is 18.9. The normalized spacial score (nSPS) is 12.6. The molecule has 3 aromatic carbocycles. The molecule has 0 radical (unpaired) electrons. The van der Waals surface area contributed by atoms with Gasteiger partial charge in [-0.15, -0.1) is 0 Å². The van der Waals surface area contributed by atoms with Gasteiger partial charge in [-0.3, -0.25) is 4.72 Å². The third-order valence-electron chi connectivity index (χ3n) is 3.94. The molecule has 0 saturated heterocycles. The number of benzene rings is 3. The molecule has 1 aliphatic heterocycles. The van der Waals surface area contributed by atoms with Crippen LogP contribution in [0.1, 0.15) is 0 Å². The molecule has 27 heavy (non-hydrogen) atoms. The summed E-state index contributed by atoms with van der Waals surface area (Å²) in [6, 6.07) is 17.2. The highest BCUT2D eigenvalue weighted by Gasteiger charge is 2.20. The summed E-state index contributed by atoms with van der Waals surface area (Å²) in [5.41, 5.74) is 1.35. The number of hydrogen-bond acceptors (Lipinski definition) is 5. The van der Waals surface area contributed by atoms with Gasteiger partial charge >= 0.3 is 0 Å². The van der Waals surface area contributed by atoms with Gasteiger partial charge in [0.2, 0.25) is 6.79 Å². The summed E-state index contributed by atoms with van der Waals surface area (Å²) in [5, 5.41) is 2.94. The van der Waals surface area contributed by atoms with Crippen molar-refractivity contribution < 1.29 is 22.3 Å². The van der Waals surface area contributed by atoms with Gasteiger partial charge in [0.1, 0.15) is 5.82 Å². The molecule has 4 rings (SSSR count). The van der Waals surface area contributed by atoms with Gasteiger partial charge in [0.15, 0.2) is 11.5 Å². The van der Waals surface area contributed by atoms with Crippen LogP contribution in [-0.4, -0.2) is 15.2 Å². The van der Waals surface area contributed by atoms with Crippen LogP contribution in [0.4, 0.5) is 21.5 Å². The van der Waals surface area contributed by atoms with Crippen LogP contribution < -0.4 is 19.5 Å². The van der Waals surface area contributed by atoms with Gasteiger partial charge in [0, 0.05) is 17.4 Å². The number of ether oxygens (including phenoxy) is 2. The third kappa shape index (κ3) is 3.65. The lowest BCUT2D eigenvalue weighted by atomic mass is 10.2. The van der Waals surface area contributed by atoms with Crippen molar-refractivity contribution in [2.45, 2.75) is 4.90 Å². The molecule has 3 aromatic rings. The van der Waals surface area contributed by atoms with Crippen molar-refractivity contribution in [2.75, 3.05) is 16.8 Å². The fourth-order valence-corrected chi connectivity index (χ4v) is 3.67. The number of nitrogens with one attached hydrogen (secondary N) is 2.